The SMILES string of the molecule is CCCCC(CCCCC#N)=NOC. The van der Waals surface area contributed by atoms with Gasteiger partial charge in [-0.3, -0.25) is 0 Å². The van der Waals surface area contributed by atoms with Gasteiger partial charge in [-0.1, -0.05) is 18.5 Å². The van der Waals surface area contributed by atoms with Gasteiger partial charge in [0.15, 0.2) is 0 Å². The van der Waals surface area contributed by atoms with Gasteiger partial charge < -0.3 is 4.84 Å². The van der Waals surface area contributed by atoms with Gasteiger partial charge in [0.25, 0.3) is 0 Å². The third-order valence-corrected chi connectivity index (χ3v) is 2.04. The first-order valence-corrected chi connectivity index (χ1v) is 5.31. The molecule has 0 atom stereocenters. The van der Waals surface area contributed by atoms with Crippen LogP contribution in [0, 0.1) is 11.3 Å². The zero-order valence-corrected chi connectivity index (χ0v) is 9.25. The molecule has 0 spiro atoms. The third-order valence-electron chi connectivity index (χ3n) is 2.04. The van der Waals surface area contributed by atoms with Crippen LogP contribution in [0.25, 0.3) is 0 Å². The van der Waals surface area contributed by atoms with Crippen LogP contribution in [0.4, 0.5) is 0 Å². The highest BCUT2D eigenvalue weighted by Crippen LogP contribution is 2.07. The first-order chi connectivity index (χ1) is 6.85. The van der Waals surface area contributed by atoms with Gasteiger partial charge in [0, 0.05) is 6.42 Å². The highest BCUT2D eigenvalue weighted by Gasteiger charge is 1.99. The summed E-state index contributed by atoms with van der Waals surface area (Å²) in [5.41, 5.74) is 1.13. The van der Waals surface area contributed by atoms with Crippen molar-refractivity contribution in [2.24, 2.45) is 5.16 Å². The molecule has 0 aliphatic rings. The third kappa shape index (κ3) is 7.60. The number of oxime groups is 1. The molecule has 0 amide bonds. The van der Waals surface area contributed by atoms with E-state index in [1.54, 1.807) is 7.11 Å². The molecule has 0 aromatic rings. The van der Waals surface area contributed by atoms with Gasteiger partial charge in [0.1, 0.15) is 7.11 Å². The molecule has 0 saturated carbocycles. The Morgan fingerprint density at radius 1 is 1.29 bits per heavy atom. The van der Waals surface area contributed by atoms with Crippen molar-refractivity contribution in [2.75, 3.05) is 7.11 Å². The van der Waals surface area contributed by atoms with Crippen LogP contribution in [0.3, 0.4) is 0 Å². The number of hydrogen-bond donors (Lipinski definition) is 0. The fourth-order valence-electron chi connectivity index (χ4n) is 1.26. The molecule has 0 fully saturated rings. The van der Waals surface area contributed by atoms with Gasteiger partial charge in [0.05, 0.1) is 11.8 Å². The summed E-state index contributed by atoms with van der Waals surface area (Å²) in [5.74, 6) is 0. The number of nitriles is 1. The Morgan fingerprint density at radius 3 is 2.57 bits per heavy atom. The highest BCUT2D eigenvalue weighted by atomic mass is 16.6. The molecule has 0 N–H and O–H groups in total. The lowest BCUT2D eigenvalue weighted by atomic mass is 10.1. The molecule has 3 heteroatoms. The van der Waals surface area contributed by atoms with Crippen molar-refractivity contribution >= 4 is 5.71 Å². The number of nitrogens with zero attached hydrogens (tertiary/aromatic N) is 2. The Morgan fingerprint density at radius 2 is 2.00 bits per heavy atom. The first-order valence-electron chi connectivity index (χ1n) is 5.31. The van der Waals surface area contributed by atoms with Crippen molar-refractivity contribution < 1.29 is 4.84 Å². The number of unbranched alkanes of at least 4 members (excludes halogenated alkanes) is 3. The van der Waals surface area contributed by atoms with E-state index in [1.807, 2.05) is 0 Å². The summed E-state index contributed by atoms with van der Waals surface area (Å²) in [5, 5.41) is 12.4. The Balaban J connectivity index is 3.63. The van der Waals surface area contributed by atoms with E-state index in [2.05, 4.69) is 18.1 Å². The molecule has 0 aromatic heterocycles. The predicted molar refractivity (Wildman–Crippen MR) is 58.1 cm³/mol. The molecule has 0 aliphatic heterocycles. The Kier molecular flexibility index (Phi) is 9.30. The summed E-state index contributed by atoms with van der Waals surface area (Å²) in [6.07, 6.45) is 6.99. The van der Waals surface area contributed by atoms with Crippen molar-refractivity contribution in [3.8, 4) is 6.07 Å². The highest BCUT2D eigenvalue weighted by molar-refractivity contribution is 5.83. The van der Waals surface area contributed by atoms with Crippen LogP contribution < -0.4 is 0 Å². The molecule has 0 bridgehead atoms. The molecule has 0 heterocycles. The minimum absolute atomic E-state index is 0.647. The predicted octanol–water partition coefficient (Wildman–Crippen LogP) is 3.26. The Hall–Kier alpha value is -1.04. The van der Waals surface area contributed by atoms with Crippen LogP contribution in [-0.4, -0.2) is 12.8 Å². The van der Waals surface area contributed by atoms with Crippen molar-refractivity contribution in [1.29, 1.82) is 5.26 Å². The van der Waals surface area contributed by atoms with E-state index < -0.39 is 0 Å². The van der Waals surface area contributed by atoms with Crippen LogP contribution in [0.15, 0.2) is 5.16 Å². The average molecular weight is 196 g/mol. The normalized spacial score (nSPS) is 11.1. The van der Waals surface area contributed by atoms with Gasteiger partial charge in [-0.15, -0.1) is 0 Å². The van der Waals surface area contributed by atoms with Gasteiger partial charge in [-0.2, -0.15) is 5.26 Å². The average Bonchev–Trinajstić information content (AvgIpc) is 2.20. The molecule has 0 aromatic carbocycles. The maximum atomic E-state index is 8.37. The van der Waals surface area contributed by atoms with Crippen molar-refractivity contribution in [2.45, 2.75) is 51.9 Å². The molecule has 0 saturated heterocycles. The van der Waals surface area contributed by atoms with Crippen LogP contribution in [-0.2, 0) is 4.84 Å². The molecule has 0 radical (unpaired) electrons. The summed E-state index contributed by atoms with van der Waals surface area (Å²) >= 11 is 0. The van der Waals surface area contributed by atoms with Crippen molar-refractivity contribution in [1.82, 2.24) is 0 Å². The zero-order valence-electron chi connectivity index (χ0n) is 9.25. The van der Waals surface area contributed by atoms with E-state index in [0.29, 0.717) is 6.42 Å². The monoisotopic (exact) mass is 196 g/mol. The lowest BCUT2D eigenvalue weighted by Gasteiger charge is -2.03. The van der Waals surface area contributed by atoms with Crippen molar-refractivity contribution in [3.05, 3.63) is 0 Å². The largest absolute Gasteiger partial charge is 0.399 e. The zero-order chi connectivity index (χ0) is 10.6. The van der Waals surface area contributed by atoms with E-state index >= 15 is 0 Å². The Labute approximate surface area is 86.7 Å². The maximum absolute atomic E-state index is 8.37. The van der Waals surface area contributed by atoms with Crippen molar-refractivity contribution in [3.63, 3.8) is 0 Å². The summed E-state index contributed by atoms with van der Waals surface area (Å²) in [7, 11) is 1.58. The van der Waals surface area contributed by atoms with E-state index in [9.17, 15) is 0 Å². The van der Waals surface area contributed by atoms with Crippen LogP contribution in [0.2, 0.25) is 0 Å². The van der Waals surface area contributed by atoms with E-state index in [1.165, 1.54) is 12.8 Å². The molecule has 3 nitrogen and oxygen atoms in total. The minimum Gasteiger partial charge on any atom is -0.399 e. The molecular weight excluding hydrogens is 176 g/mol. The molecule has 0 aliphatic carbocycles. The summed E-state index contributed by atoms with van der Waals surface area (Å²) in [6.45, 7) is 2.17. The van der Waals surface area contributed by atoms with Crippen LogP contribution in [0.1, 0.15) is 51.9 Å². The minimum atomic E-state index is 0.647. The summed E-state index contributed by atoms with van der Waals surface area (Å²) < 4.78 is 0. The summed E-state index contributed by atoms with van der Waals surface area (Å²) in [4.78, 5) is 4.78. The standard InChI is InChI=1S/C11H20N2O/c1-3-4-8-11(13-14-2)9-6-5-7-10-12/h3-9H2,1-2H3. The van der Waals surface area contributed by atoms with Gasteiger partial charge in [-0.25, -0.2) is 0 Å². The molecule has 0 rings (SSSR count). The lowest BCUT2D eigenvalue weighted by molar-refractivity contribution is 0.211. The van der Waals surface area contributed by atoms with E-state index in [-0.39, 0.29) is 0 Å². The van der Waals surface area contributed by atoms with Gasteiger partial charge >= 0.3 is 0 Å². The van der Waals surface area contributed by atoms with Gasteiger partial charge in [0.2, 0.25) is 0 Å². The second-order valence-corrected chi connectivity index (χ2v) is 3.31. The lowest BCUT2D eigenvalue weighted by Crippen LogP contribution is -1.99. The van der Waals surface area contributed by atoms with E-state index in [4.69, 9.17) is 10.1 Å². The topological polar surface area (TPSA) is 45.4 Å². The fourth-order valence-corrected chi connectivity index (χ4v) is 1.26. The quantitative estimate of drug-likeness (QED) is 0.340. The molecule has 80 valence electrons. The molecule has 14 heavy (non-hydrogen) atoms. The first kappa shape index (κ1) is 13.0. The fraction of sp³-hybridized carbons (Fsp3) is 0.818. The second-order valence-electron chi connectivity index (χ2n) is 3.31. The van der Waals surface area contributed by atoms with E-state index in [0.717, 1.165) is 31.4 Å². The maximum Gasteiger partial charge on any atom is 0.106 e. The smallest absolute Gasteiger partial charge is 0.106 e. The summed E-state index contributed by atoms with van der Waals surface area (Å²) in [6, 6.07) is 2.15. The van der Waals surface area contributed by atoms with Crippen LogP contribution in [0.5, 0.6) is 0 Å². The van der Waals surface area contributed by atoms with Crippen LogP contribution >= 0.6 is 0 Å². The van der Waals surface area contributed by atoms with Gasteiger partial charge in [-0.05, 0) is 32.1 Å². The number of rotatable bonds is 8. The second kappa shape index (κ2) is 10.0. The molecular formula is C11H20N2O. The number of hydrogen-bond acceptors (Lipinski definition) is 3. The molecule has 0 unspecified atom stereocenters. The Bertz CT molecular complexity index is 194.